The van der Waals surface area contributed by atoms with E-state index in [-0.39, 0.29) is 0 Å². The van der Waals surface area contributed by atoms with Gasteiger partial charge in [-0.15, -0.1) is 0 Å². The van der Waals surface area contributed by atoms with Crippen molar-refractivity contribution in [1.29, 1.82) is 0 Å². The van der Waals surface area contributed by atoms with Gasteiger partial charge in [-0.2, -0.15) is 0 Å². The van der Waals surface area contributed by atoms with E-state index in [0.717, 1.165) is 31.2 Å². The fraction of sp³-hybridized carbons (Fsp3) is 0.571. The van der Waals surface area contributed by atoms with Gasteiger partial charge in [-0.3, -0.25) is 14.9 Å². The summed E-state index contributed by atoms with van der Waals surface area (Å²) < 4.78 is 0. The normalized spacial score (nSPS) is 11.4. The minimum atomic E-state index is 0.405. The molecule has 4 heteroatoms. The predicted octanol–water partition coefficient (Wildman–Crippen LogP) is 2.89. The lowest BCUT2D eigenvalue weighted by molar-refractivity contribution is -0.353. The molecule has 0 amide bonds. The Kier molecular flexibility index (Phi) is 7.60. The molecule has 18 heavy (non-hydrogen) atoms. The highest BCUT2D eigenvalue weighted by atomic mass is 16.9. The molecule has 0 aliphatic rings. The second-order valence-electron chi connectivity index (χ2n) is 4.30. The van der Waals surface area contributed by atoms with Crippen LogP contribution in [0.25, 0.3) is 0 Å². The Morgan fingerprint density at radius 3 is 2.50 bits per heavy atom. The van der Waals surface area contributed by atoms with E-state index in [2.05, 4.69) is 24.0 Å². The van der Waals surface area contributed by atoms with Crippen LogP contribution in [0.3, 0.4) is 0 Å². The van der Waals surface area contributed by atoms with E-state index in [1.165, 1.54) is 5.56 Å². The SMILES string of the molecule is CCCCN(Cc1ccccc1)CN(O)OCC. The van der Waals surface area contributed by atoms with Gasteiger partial charge < -0.3 is 0 Å². The van der Waals surface area contributed by atoms with Crippen LogP contribution in [0.4, 0.5) is 0 Å². The van der Waals surface area contributed by atoms with E-state index in [9.17, 15) is 5.21 Å². The third kappa shape index (κ3) is 6.12. The molecule has 0 saturated heterocycles. The van der Waals surface area contributed by atoms with Gasteiger partial charge >= 0.3 is 0 Å². The number of unbranched alkanes of at least 4 members (excludes halogenated alkanes) is 1. The number of benzene rings is 1. The molecule has 0 aromatic heterocycles. The molecule has 1 N–H and O–H groups in total. The van der Waals surface area contributed by atoms with Crippen LogP contribution in [0, 0.1) is 0 Å². The van der Waals surface area contributed by atoms with Crippen LogP contribution in [0.2, 0.25) is 0 Å². The van der Waals surface area contributed by atoms with Crippen LogP contribution in [0.15, 0.2) is 30.3 Å². The van der Waals surface area contributed by atoms with E-state index in [4.69, 9.17) is 4.84 Å². The molecule has 1 aromatic rings. The quantitative estimate of drug-likeness (QED) is 0.541. The Morgan fingerprint density at radius 2 is 1.89 bits per heavy atom. The predicted molar refractivity (Wildman–Crippen MR) is 71.9 cm³/mol. The number of nitrogens with zero attached hydrogens (tertiary/aromatic N) is 2. The summed E-state index contributed by atoms with van der Waals surface area (Å²) >= 11 is 0. The minimum Gasteiger partial charge on any atom is -0.288 e. The van der Waals surface area contributed by atoms with Gasteiger partial charge in [0, 0.05) is 6.54 Å². The van der Waals surface area contributed by atoms with Gasteiger partial charge in [0.1, 0.15) is 6.67 Å². The summed E-state index contributed by atoms with van der Waals surface area (Å²) in [7, 11) is 0. The summed E-state index contributed by atoms with van der Waals surface area (Å²) in [5.41, 5.74) is 1.25. The first kappa shape index (κ1) is 15.1. The van der Waals surface area contributed by atoms with Crippen molar-refractivity contribution in [3.8, 4) is 0 Å². The van der Waals surface area contributed by atoms with Gasteiger partial charge in [-0.25, -0.2) is 0 Å². The second-order valence-corrected chi connectivity index (χ2v) is 4.30. The maximum Gasteiger partial charge on any atom is 0.104 e. The van der Waals surface area contributed by atoms with Crippen LogP contribution in [-0.2, 0) is 11.4 Å². The first-order valence-corrected chi connectivity index (χ1v) is 6.61. The smallest absolute Gasteiger partial charge is 0.104 e. The lowest BCUT2D eigenvalue weighted by Crippen LogP contribution is -2.36. The Hall–Kier alpha value is -0.940. The van der Waals surface area contributed by atoms with Crippen molar-refractivity contribution >= 4 is 0 Å². The van der Waals surface area contributed by atoms with Gasteiger partial charge in [0.05, 0.1) is 6.61 Å². The number of hydrogen-bond donors (Lipinski definition) is 1. The molecule has 0 radical (unpaired) electrons. The van der Waals surface area contributed by atoms with E-state index in [1.54, 1.807) is 0 Å². The van der Waals surface area contributed by atoms with Crippen molar-refractivity contribution < 1.29 is 10.0 Å². The third-order valence-corrected chi connectivity index (χ3v) is 2.68. The van der Waals surface area contributed by atoms with Crippen LogP contribution < -0.4 is 0 Å². The molecule has 0 aliphatic carbocycles. The molecular weight excluding hydrogens is 228 g/mol. The average Bonchev–Trinajstić information content (AvgIpc) is 2.37. The first-order valence-electron chi connectivity index (χ1n) is 6.61. The van der Waals surface area contributed by atoms with Crippen LogP contribution >= 0.6 is 0 Å². The highest BCUT2D eigenvalue weighted by molar-refractivity contribution is 5.14. The van der Waals surface area contributed by atoms with Crippen LogP contribution in [0.5, 0.6) is 0 Å². The fourth-order valence-electron chi connectivity index (χ4n) is 1.78. The molecule has 0 heterocycles. The van der Waals surface area contributed by atoms with Crippen LogP contribution in [0.1, 0.15) is 32.3 Å². The molecule has 0 spiro atoms. The van der Waals surface area contributed by atoms with Crippen LogP contribution in [-0.4, -0.2) is 35.2 Å². The standard InChI is InChI=1S/C14H24N2O2/c1-3-5-11-15(13-16(17)18-4-2)12-14-9-7-6-8-10-14/h6-10,17H,3-5,11-13H2,1-2H3. The zero-order valence-electron chi connectivity index (χ0n) is 11.4. The summed E-state index contributed by atoms with van der Waals surface area (Å²) in [6, 6.07) is 10.3. The van der Waals surface area contributed by atoms with E-state index < -0.39 is 0 Å². The molecule has 102 valence electrons. The maximum atomic E-state index is 9.57. The summed E-state index contributed by atoms with van der Waals surface area (Å²) in [5.74, 6) is 0. The molecule has 1 rings (SSSR count). The molecule has 4 nitrogen and oxygen atoms in total. The lowest BCUT2D eigenvalue weighted by atomic mass is 10.2. The van der Waals surface area contributed by atoms with Gasteiger partial charge in [-0.1, -0.05) is 48.9 Å². The van der Waals surface area contributed by atoms with Crippen molar-refractivity contribution in [2.75, 3.05) is 19.8 Å². The van der Waals surface area contributed by atoms with Crippen molar-refractivity contribution in [2.45, 2.75) is 33.2 Å². The summed E-state index contributed by atoms with van der Waals surface area (Å²) in [6.45, 7) is 6.68. The Labute approximate surface area is 110 Å². The van der Waals surface area contributed by atoms with Gasteiger partial charge in [-0.05, 0) is 25.5 Å². The highest BCUT2D eigenvalue weighted by Crippen LogP contribution is 2.06. The zero-order valence-corrected chi connectivity index (χ0v) is 11.4. The zero-order chi connectivity index (χ0) is 13.2. The monoisotopic (exact) mass is 252 g/mol. The summed E-state index contributed by atoms with van der Waals surface area (Å²) in [4.78, 5) is 7.21. The van der Waals surface area contributed by atoms with Gasteiger partial charge in [0.15, 0.2) is 0 Å². The van der Waals surface area contributed by atoms with Gasteiger partial charge in [0.2, 0.25) is 0 Å². The Bertz CT molecular complexity index is 306. The molecule has 0 unspecified atom stereocenters. The van der Waals surface area contributed by atoms with Crippen molar-refractivity contribution in [3.63, 3.8) is 0 Å². The number of rotatable bonds is 9. The largest absolute Gasteiger partial charge is 0.288 e. The first-order chi connectivity index (χ1) is 8.76. The molecule has 0 atom stereocenters. The fourth-order valence-corrected chi connectivity index (χ4v) is 1.78. The van der Waals surface area contributed by atoms with E-state index in [1.807, 2.05) is 25.1 Å². The van der Waals surface area contributed by atoms with Crippen molar-refractivity contribution in [2.24, 2.45) is 0 Å². The summed E-state index contributed by atoms with van der Waals surface area (Å²) in [6.07, 6.45) is 2.26. The molecule has 0 aliphatic heterocycles. The third-order valence-electron chi connectivity index (χ3n) is 2.68. The molecule has 0 bridgehead atoms. The topological polar surface area (TPSA) is 35.9 Å². The van der Waals surface area contributed by atoms with E-state index in [0.29, 0.717) is 13.3 Å². The maximum absolute atomic E-state index is 9.57. The van der Waals surface area contributed by atoms with E-state index >= 15 is 0 Å². The average molecular weight is 252 g/mol. The molecule has 0 fully saturated rings. The molecule has 1 aromatic carbocycles. The van der Waals surface area contributed by atoms with Gasteiger partial charge in [0.25, 0.3) is 0 Å². The molecular formula is C14H24N2O2. The van der Waals surface area contributed by atoms with Crippen molar-refractivity contribution in [3.05, 3.63) is 35.9 Å². The Balaban J connectivity index is 2.49. The minimum absolute atomic E-state index is 0.405. The molecule has 0 saturated carbocycles. The number of hydrogen-bond acceptors (Lipinski definition) is 4. The van der Waals surface area contributed by atoms with Crippen molar-refractivity contribution in [1.82, 2.24) is 10.1 Å². The second kappa shape index (κ2) is 9.05. The highest BCUT2D eigenvalue weighted by Gasteiger charge is 2.10. The number of hydroxylamine groups is 2. The lowest BCUT2D eigenvalue weighted by Gasteiger charge is -2.25. The summed E-state index contributed by atoms with van der Waals surface area (Å²) in [5, 5.41) is 10.5. The Morgan fingerprint density at radius 1 is 1.17 bits per heavy atom.